The first-order valence-electron chi connectivity index (χ1n) is 6.30. The summed E-state index contributed by atoms with van der Waals surface area (Å²) in [4.78, 5) is 21.7. The van der Waals surface area contributed by atoms with E-state index in [4.69, 9.17) is 5.11 Å². The van der Waals surface area contributed by atoms with Gasteiger partial charge in [0.05, 0.1) is 0 Å². The molecule has 0 heterocycles. The minimum atomic E-state index is -1.04. The molecule has 0 spiro atoms. The van der Waals surface area contributed by atoms with Crippen molar-refractivity contribution in [2.24, 2.45) is 0 Å². The van der Waals surface area contributed by atoms with Crippen LogP contribution < -0.4 is 0 Å². The molecule has 0 amide bonds. The summed E-state index contributed by atoms with van der Waals surface area (Å²) in [5, 5.41) is 17.9. The number of carboxylic acid groups (broad SMARTS) is 1. The van der Waals surface area contributed by atoms with E-state index in [9.17, 15) is 14.7 Å². The second-order valence-electron chi connectivity index (χ2n) is 4.06. The summed E-state index contributed by atoms with van der Waals surface area (Å²) in [6.07, 6.45) is 9.16. The molecule has 0 aromatic heterocycles. The van der Waals surface area contributed by atoms with E-state index in [0.717, 1.165) is 12.8 Å². The maximum atomic E-state index is 11.4. The minimum absolute atomic E-state index is 0.0119. The van der Waals surface area contributed by atoms with Crippen LogP contribution in [0, 0.1) is 0 Å². The van der Waals surface area contributed by atoms with Crippen molar-refractivity contribution in [1.29, 1.82) is 0 Å². The van der Waals surface area contributed by atoms with Gasteiger partial charge in [-0.2, -0.15) is 0 Å². The Morgan fingerprint density at radius 2 is 1.83 bits per heavy atom. The highest BCUT2D eigenvalue weighted by Crippen LogP contribution is 2.05. The van der Waals surface area contributed by atoms with Gasteiger partial charge in [-0.15, -0.1) is 0 Å². The van der Waals surface area contributed by atoms with Gasteiger partial charge in [0.15, 0.2) is 5.78 Å². The van der Waals surface area contributed by atoms with Crippen molar-refractivity contribution in [1.82, 2.24) is 0 Å². The SMILES string of the molecule is CC/C=C\C/C=C\CC(=O)C(O)CCCC(=O)O. The Balaban J connectivity index is 3.73. The molecule has 0 aliphatic rings. The normalized spacial score (nSPS) is 13.2. The Morgan fingerprint density at radius 1 is 1.17 bits per heavy atom. The fourth-order valence-corrected chi connectivity index (χ4v) is 1.38. The zero-order valence-electron chi connectivity index (χ0n) is 10.8. The third-order valence-corrected chi connectivity index (χ3v) is 2.40. The standard InChI is InChI=1S/C14H22O4/c1-2-3-4-5-6-7-9-12(15)13(16)10-8-11-14(17)18/h3-4,6-7,13,16H,2,5,8-11H2,1H3,(H,17,18)/b4-3-,7-6-. The molecular formula is C14H22O4. The van der Waals surface area contributed by atoms with Gasteiger partial charge in [-0.3, -0.25) is 9.59 Å². The molecule has 18 heavy (non-hydrogen) atoms. The first kappa shape index (κ1) is 16.6. The Hall–Kier alpha value is -1.42. The lowest BCUT2D eigenvalue weighted by Crippen LogP contribution is -2.19. The van der Waals surface area contributed by atoms with E-state index in [1.165, 1.54) is 0 Å². The summed E-state index contributed by atoms with van der Waals surface area (Å²) < 4.78 is 0. The summed E-state index contributed by atoms with van der Waals surface area (Å²) in [5.74, 6) is -1.16. The summed E-state index contributed by atoms with van der Waals surface area (Å²) >= 11 is 0. The van der Waals surface area contributed by atoms with Crippen LogP contribution in [0.2, 0.25) is 0 Å². The fraction of sp³-hybridized carbons (Fsp3) is 0.571. The van der Waals surface area contributed by atoms with E-state index in [-0.39, 0.29) is 25.0 Å². The molecule has 0 fully saturated rings. The van der Waals surface area contributed by atoms with Gasteiger partial charge < -0.3 is 10.2 Å². The molecule has 1 unspecified atom stereocenters. The average Bonchev–Trinajstić information content (AvgIpc) is 2.32. The van der Waals surface area contributed by atoms with Crippen molar-refractivity contribution in [3.63, 3.8) is 0 Å². The molecule has 0 rings (SSSR count). The number of carbonyl (C=O) groups is 2. The van der Waals surface area contributed by atoms with Crippen LogP contribution in [0.25, 0.3) is 0 Å². The van der Waals surface area contributed by atoms with Crippen LogP contribution in [0.1, 0.15) is 45.4 Å². The molecule has 0 aliphatic heterocycles. The van der Waals surface area contributed by atoms with Crippen molar-refractivity contribution in [2.75, 3.05) is 0 Å². The van der Waals surface area contributed by atoms with E-state index in [1.54, 1.807) is 6.08 Å². The van der Waals surface area contributed by atoms with Crippen LogP contribution in [0.4, 0.5) is 0 Å². The van der Waals surface area contributed by atoms with Gasteiger partial charge in [-0.05, 0) is 25.7 Å². The molecule has 0 aromatic carbocycles. The van der Waals surface area contributed by atoms with Crippen molar-refractivity contribution in [3.8, 4) is 0 Å². The third-order valence-electron chi connectivity index (χ3n) is 2.40. The van der Waals surface area contributed by atoms with Crippen molar-refractivity contribution in [2.45, 2.75) is 51.6 Å². The molecule has 102 valence electrons. The second kappa shape index (κ2) is 10.7. The zero-order valence-corrected chi connectivity index (χ0v) is 10.8. The van der Waals surface area contributed by atoms with Gasteiger partial charge in [-0.25, -0.2) is 0 Å². The highest BCUT2D eigenvalue weighted by atomic mass is 16.4. The van der Waals surface area contributed by atoms with Gasteiger partial charge >= 0.3 is 5.97 Å². The predicted molar refractivity (Wildman–Crippen MR) is 70.3 cm³/mol. The van der Waals surface area contributed by atoms with Crippen LogP contribution >= 0.6 is 0 Å². The molecule has 2 N–H and O–H groups in total. The van der Waals surface area contributed by atoms with Crippen molar-refractivity contribution < 1.29 is 19.8 Å². The monoisotopic (exact) mass is 254 g/mol. The number of aliphatic hydroxyl groups excluding tert-OH is 1. The number of aliphatic carboxylic acids is 1. The lowest BCUT2D eigenvalue weighted by Gasteiger charge is -2.06. The molecule has 0 saturated heterocycles. The number of carbonyl (C=O) groups excluding carboxylic acids is 1. The highest BCUT2D eigenvalue weighted by Gasteiger charge is 2.13. The second-order valence-corrected chi connectivity index (χ2v) is 4.06. The molecule has 4 nitrogen and oxygen atoms in total. The minimum Gasteiger partial charge on any atom is -0.481 e. The number of aliphatic hydroxyl groups is 1. The van der Waals surface area contributed by atoms with E-state index in [2.05, 4.69) is 6.92 Å². The maximum Gasteiger partial charge on any atom is 0.303 e. The Morgan fingerprint density at radius 3 is 2.44 bits per heavy atom. The largest absolute Gasteiger partial charge is 0.481 e. The number of ketones is 1. The van der Waals surface area contributed by atoms with Gasteiger partial charge in [-0.1, -0.05) is 31.2 Å². The van der Waals surface area contributed by atoms with Crippen molar-refractivity contribution >= 4 is 11.8 Å². The Labute approximate surface area is 108 Å². The van der Waals surface area contributed by atoms with Crippen LogP contribution in [0.5, 0.6) is 0 Å². The average molecular weight is 254 g/mol. The predicted octanol–water partition coefficient (Wildman–Crippen LogP) is 2.47. The number of rotatable bonds is 10. The molecule has 0 bridgehead atoms. The Kier molecular flexibility index (Phi) is 9.87. The van der Waals surface area contributed by atoms with Gasteiger partial charge in [0.2, 0.25) is 0 Å². The van der Waals surface area contributed by atoms with E-state index in [0.29, 0.717) is 6.42 Å². The molecule has 1 atom stereocenters. The lowest BCUT2D eigenvalue weighted by atomic mass is 10.1. The topological polar surface area (TPSA) is 74.6 Å². The summed E-state index contributed by atoms with van der Waals surface area (Å²) in [6.45, 7) is 2.05. The van der Waals surface area contributed by atoms with E-state index in [1.807, 2.05) is 18.2 Å². The number of carboxylic acids is 1. The van der Waals surface area contributed by atoms with Gasteiger partial charge in [0.25, 0.3) is 0 Å². The molecular weight excluding hydrogens is 232 g/mol. The van der Waals surface area contributed by atoms with Crippen molar-refractivity contribution in [3.05, 3.63) is 24.3 Å². The number of hydrogen-bond acceptors (Lipinski definition) is 3. The van der Waals surface area contributed by atoms with E-state index < -0.39 is 12.1 Å². The maximum absolute atomic E-state index is 11.4. The van der Waals surface area contributed by atoms with E-state index >= 15 is 0 Å². The van der Waals surface area contributed by atoms with Crippen LogP contribution in [0.15, 0.2) is 24.3 Å². The molecule has 0 saturated carbocycles. The number of allylic oxidation sites excluding steroid dienone is 4. The van der Waals surface area contributed by atoms with Gasteiger partial charge in [0, 0.05) is 12.8 Å². The fourth-order valence-electron chi connectivity index (χ4n) is 1.38. The highest BCUT2D eigenvalue weighted by molar-refractivity contribution is 5.84. The quantitative estimate of drug-likeness (QED) is 0.587. The molecule has 0 aromatic rings. The first-order chi connectivity index (χ1) is 8.57. The summed E-state index contributed by atoms with van der Waals surface area (Å²) in [7, 11) is 0. The molecule has 0 radical (unpaired) electrons. The van der Waals surface area contributed by atoms with Gasteiger partial charge in [0.1, 0.15) is 6.10 Å². The lowest BCUT2D eigenvalue weighted by molar-refractivity contribution is -0.137. The van der Waals surface area contributed by atoms with Crippen LogP contribution in [-0.2, 0) is 9.59 Å². The smallest absolute Gasteiger partial charge is 0.303 e. The number of Topliss-reactive ketones (excluding diaryl/α,β-unsaturated/α-hetero) is 1. The summed E-state index contributed by atoms with van der Waals surface area (Å²) in [5.41, 5.74) is 0. The molecule has 4 heteroatoms. The number of hydrogen-bond donors (Lipinski definition) is 2. The summed E-state index contributed by atoms with van der Waals surface area (Å²) in [6, 6.07) is 0. The first-order valence-corrected chi connectivity index (χ1v) is 6.30. The van der Waals surface area contributed by atoms with Crippen LogP contribution in [0.3, 0.4) is 0 Å². The Bertz CT molecular complexity index is 305. The molecule has 0 aliphatic carbocycles. The zero-order chi connectivity index (χ0) is 13.8. The third kappa shape index (κ3) is 9.78. The van der Waals surface area contributed by atoms with Crippen LogP contribution in [-0.4, -0.2) is 28.1 Å².